The number of aryl methyl sites for hydroxylation is 2. The Balaban J connectivity index is 1.31. The van der Waals surface area contributed by atoms with Crippen LogP contribution in [0.3, 0.4) is 0 Å². The Kier molecular flexibility index (Phi) is 7.83. The lowest BCUT2D eigenvalue weighted by atomic mass is 9.93. The number of likely N-dealkylation sites (N-methyl/N-ethyl adjacent to an activating group) is 1. The first-order chi connectivity index (χ1) is 21.0. The number of hydrogen-bond donors (Lipinski definition) is 0. The summed E-state index contributed by atoms with van der Waals surface area (Å²) in [5, 5.41) is 5.29. The highest BCUT2D eigenvalue weighted by Crippen LogP contribution is 2.38. The molecule has 2 aromatic heterocycles. The van der Waals surface area contributed by atoms with Crippen LogP contribution in [0, 0.1) is 6.92 Å². The van der Waals surface area contributed by atoms with Gasteiger partial charge in [-0.15, -0.1) is 0 Å². The molecular formula is C36H45N7. The molecule has 0 aliphatic carbocycles. The summed E-state index contributed by atoms with van der Waals surface area (Å²) >= 11 is 0. The van der Waals surface area contributed by atoms with Gasteiger partial charge in [-0.2, -0.15) is 9.61 Å². The molecule has 7 nitrogen and oxygen atoms in total. The predicted octanol–water partition coefficient (Wildman–Crippen LogP) is 6.33. The number of rotatable bonds is 3. The Morgan fingerprint density at radius 1 is 0.860 bits per heavy atom. The average molecular weight is 576 g/mol. The van der Waals surface area contributed by atoms with Crippen molar-refractivity contribution in [3.63, 3.8) is 0 Å². The van der Waals surface area contributed by atoms with Crippen LogP contribution in [0.1, 0.15) is 66.1 Å². The Morgan fingerprint density at radius 2 is 1.72 bits per heavy atom. The second kappa shape index (κ2) is 12.0. The monoisotopic (exact) mass is 575 g/mol. The molecule has 0 N–H and O–H groups in total. The zero-order valence-corrected chi connectivity index (χ0v) is 25.9. The SMILES string of the molecule is C=C1c2cc(C)ccc2CCCN(Cc2ccccc2)CCN(C)c2cc(N3CCC3)nc3cc(nn23)C2CCCCN12. The average Bonchev–Trinajstić information content (AvgIpc) is 3.43. The molecule has 7 rings (SSSR count). The third-order valence-corrected chi connectivity index (χ3v) is 9.67. The van der Waals surface area contributed by atoms with E-state index in [2.05, 4.69) is 98.8 Å². The number of fused-ring (bicyclic) bond motifs is 4. The first-order valence-electron chi connectivity index (χ1n) is 16.2. The van der Waals surface area contributed by atoms with E-state index in [1.165, 1.54) is 41.5 Å². The maximum atomic E-state index is 5.29. The molecule has 1 atom stereocenters. The topological polar surface area (TPSA) is 43.1 Å². The molecule has 0 spiro atoms. The lowest BCUT2D eigenvalue weighted by Gasteiger charge is -2.38. The molecule has 3 aliphatic heterocycles. The van der Waals surface area contributed by atoms with Crippen molar-refractivity contribution < 1.29 is 0 Å². The molecule has 2 aromatic carbocycles. The van der Waals surface area contributed by atoms with Crippen molar-refractivity contribution in [3.8, 4) is 0 Å². The van der Waals surface area contributed by atoms with E-state index < -0.39 is 0 Å². The van der Waals surface area contributed by atoms with Gasteiger partial charge in [0.1, 0.15) is 11.6 Å². The molecule has 7 heteroatoms. The van der Waals surface area contributed by atoms with Gasteiger partial charge in [0.05, 0.1) is 11.7 Å². The molecule has 4 aromatic rings. The minimum Gasteiger partial charge on any atom is -0.363 e. The number of piperidine rings is 1. The van der Waals surface area contributed by atoms with Crippen molar-refractivity contribution in [1.82, 2.24) is 24.4 Å². The van der Waals surface area contributed by atoms with Crippen molar-refractivity contribution >= 4 is 23.0 Å². The van der Waals surface area contributed by atoms with E-state index in [9.17, 15) is 0 Å². The molecule has 2 saturated heterocycles. The fraction of sp³-hybridized carbons (Fsp3) is 0.444. The molecular weight excluding hydrogens is 530 g/mol. The molecule has 5 heterocycles. The fourth-order valence-electron chi connectivity index (χ4n) is 7.01. The van der Waals surface area contributed by atoms with Crippen LogP contribution in [0.5, 0.6) is 0 Å². The van der Waals surface area contributed by atoms with E-state index in [-0.39, 0.29) is 6.04 Å². The van der Waals surface area contributed by atoms with Gasteiger partial charge in [-0.3, -0.25) is 4.90 Å². The summed E-state index contributed by atoms with van der Waals surface area (Å²) in [6, 6.07) is 22.6. The van der Waals surface area contributed by atoms with Gasteiger partial charge >= 0.3 is 0 Å². The summed E-state index contributed by atoms with van der Waals surface area (Å²) in [6.45, 7) is 14.0. The van der Waals surface area contributed by atoms with Crippen LogP contribution < -0.4 is 9.80 Å². The molecule has 0 amide bonds. The lowest BCUT2D eigenvalue weighted by Crippen LogP contribution is -2.38. The van der Waals surface area contributed by atoms with Gasteiger partial charge < -0.3 is 14.7 Å². The largest absolute Gasteiger partial charge is 0.363 e. The van der Waals surface area contributed by atoms with Crippen molar-refractivity contribution in [3.05, 3.63) is 95.2 Å². The minimum absolute atomic E-state index is 0.205. The third-order valence-electron chi connectivity index (χ3n) is 9.67. The van der Waals surface area contributed by atoms with Crippen LogP contribution in [0.4, 0.5) is 11.6 Å². The van der Waals surface area contributed by atoms with E-state index in [4.69, 9.17) is 16.7 Å². The second-order valence-electron chi connectivity index (χ2n) is 12.8. The summed E-state index contributed by atoms with van der Waals surface area (Å²) in [7, 11) is 2.22. The van der Waals surface area contributed by atoms with Crippen LogP contribution in [-0.2, 0) is 13.0 Å². The first kappa shape index (κ1) is 28.0. The Hall–Kier alpha value is -3.84. The highest BCUT2D eigenvalue weighted by atomic mass is 15.4. The zero-order valence-electron chi connectivity index (χ0n) is 25.9. The smallest absolute Gasteiger partial charge is 0.160 e. The number of benzene rings is 2. The molecule has 43 heavy (non-hydrogen) atoms. The second-order valence-corrected chi connectivity index (χ2v) is 12.8. The van der Waals surface area contributed by atoms with Crippen LogP contribution in [0.25, 0.3) is 11.3 Å². The van der Waals surface area contributed by atoms with Gasteiger partial charge in [-0.1, -0.05) is 54.6 Å². The Morgan fingerprint density at radius 3 is 2.53 bits per heavy atom. The van der Waals surface area contributed by atoms with Gasteiger partial charge in [0.25, 0.3) is 0 Å². The van der Waals surface area contributed by atoms with Crippen molar-refractivity contribution in [1.29, 1.82) is 0 Å². The summed E-state index contributed by atoms with van der Waals surface area (Å²) in [4.78, 5) is 15.1. The Bertz CT molecular complexity index is 1590. The fourth-order valence-corrected chi connectivity index (χ4v) is 7.01. The van der Waals surface area contributed by atoms with E-state index in [1.54, 1.807) is 0 Å². The van der Waals surface area contributed by atoms with Crippen LogP contribution in [0.15, 0.2) is 67.2 Å². The summed E-state index contributed by atoms with van der Waals surface area (Å²) in [5.41, 5.74) is 8.55. The van der Waals surface area contributed by atoms with E-state index in [1.807, 2.05) is 0 Å². The lowest BCUT2D eigenvalue weighted by molar-refractivity contribution is 0.226. The molecule has 2 fully saturated rings. The third kappa shape index (κ3) is 5.75. The highest BCUT2D eigenvalue weighted by Gasteiger charge is 2.30. The van der Waals surface area contributed by atoms with E-state index in [0.29, 0.717) is 0 Å². The standard InChI is InChI=1S/C36H45N7/c1-27-15-16-30-13-9-17-40(26-29-11-5-4-6-12-29)22-21-39(3)36-25-34(41-18-10-19-41)37-35-24-32(38-43(35)36)33-14-7-8-20-42(33)28(2)31(30)23-27/h4-6,11-12,15-16,23-25,33H,2,7-10,13-14,17-22,26H2,1,3H3. The first-order valence-corrected chi connectivity index (χ1v) is 16.2. The maximum Gasteiger partial charge on any atom is 0.160 e. The van der Waals surface area contributed by atoms with Crippen molar-refractivity contribution in [2.24, 2.45) is 0 Å². The summed E-state index contributed by atoms with van der Waals surface area (Å²) < 4.78 is 2.10. The maximum absolute atomic E-state index is 5.29. The van der Waals surface area contributed by atoms with Gasteiger partial charge in [-0.05, 0) is 69.2 Å². The number of nitrogens with zero attached hydrogens (tertiary/aromatic N) is 7. The molecule has 3 aliphatic rings. The van der Waals surface area contributed by atoms with Crippen LogP contribution in [0.2, 0.25) is 0 Å². The normalized spacial score (nSPS) is 20.3. The Labute approximate surface area is 256 Å². The molecule has 0 radical (unpaired) electrons. The van der Waals surface area contributed by atoms with Gasteiger partial charge in [0, 0.05) is 69.7 Å². The number of hydrogen-bond acceptors (Lipinski definition) is 6. The molecule has 1 unspecified atom stereocenters. The molecule has 224 valence electrons. The zero-order chi connectivity index (χ0) is 29.3. The molecule has 0 saturated carbocycles. The minimum atomic E-state index is 0.205. The van der Waals surface area contributed by atoms with Crippen molar-refractivity contribution in [2.75, 3.05) is 56.1 Å². The number of anilines is 2. The summed E-state index contributed by atoms with van der Waals surface area (Å²) in [5.74, 6) is 2.19. The van der Waals surface area contributed by atoms with Gasteiger partial charge in [0.2, 0.25) is 0 Å². The predicted molar refractivity (Wildman–Crippen MR) is 177 cm³/mol. The van der Waals surface area contributed by atoms with E-state index in [0.717, 1.165) is 93.7 Å². The van der Waals surface area contributed by atoms with Crippen LogP contribution in [-0.4, -0.2) is 70.7 Å². The summed E-state index contributed by atoms with van der Waals surface area (Å²) in [6.07, 6.45) is 6.87. The van der Waals surface area contributed by atoms with Crippen LogP contribution >= 0.6 is 0 Å². The molecule has 2 bridgehead atoms. The number of aromatic nitrogens is 3. The van der Waals surface area contributed by atoms with Gasteiger partial charge in [0.15, 0.2) is 5.65 Å². The van der Waals surface area contributed by atoms with Crippen molar-refractivity contribution in [2.45, 2.75) is 58.0 Å². The highest BCUT2D eigenvalue weighted by molar-refractivity contribution is 5.67. The van der Waals surface area contributed by atoms with Gasteiger partial charge in [-0.25, -0.2) is 4.98 Å². The quantitative estimate of drug-likeness (QED) is 0.285. The van der Waals surface area contributed by atoms with E-state index >= 15 is 0 Å².